The maximum Gasteiger partial charge on any atom is 0.253 e. The van der Waals surface area contributed by atoms with Crippen molar-refractivity contribution in [2.24, 2.45) is 4.99 Å². The van der Waals surface area contributed by atoms with E-state index in [9.17, 15) is 4.79 Å². The lowest BCUT2D eigenvalue weighted by Crippen LogP contribution is -2.38. The highest BCUT2D eigenvalue weighted by Gasteiger charge is 2.09. The molecule has 6 heteroatoms. The van der Waals surface area contributed by atoms with Gasteiger partial charge >= 0.3 is 0 Å². The zero-order chi connectivity index (χ0) is 22.1. The summed E-state index contributed by atoms with van der Waals surface area (Å²) in [5.74, 6) is 0.827. The lowest BCUT2D eigenvalue weighted by atomic mass is 10.1. The zero-order valence-corrected chi connectivity index (χ0v) is 18.8. The van der Waals surface area contributed by atoms with Crippen LogP contribution in [0.4, 0.5) is 5.69 Å². The standard InChI is InChI=1S/C25H33N5O/c1-4-26-25(27-14-13-20-9-7-11-22(17-20)24(31)29(2)3)28-19-21-10-8-12-23(18-21)30-15-5-6-16-30/h5-12,17-18H,4,13-16,19H2,1-3H3,(H2,26,27,28). The van der Waals surface area contributed by atoms with Gasteiger partial charge in [-0.3, -0.25) is 4.79 Å². The van der Waals surface area contributed by atoms with E-state index in [2.05, 4.69) is 64.9 Å². The van der Waals surface area contributed by atoms with Crippen LogP contribution in [0.3, 0.4) is 0 Å². The number of anilines is 1. The summed E-state index contributed by atoms with van der Waals surface area (Å²) >= 11 is 0. The lowest BCUT2D eigenvalue weighted by Gasteiger charge is -2.18. The molecule has 6 nitrogen and oxygen atoms in total. The molecule has 2 N–H and O–H groups in total. The van der Waals surface area contributed by atoms with E-state index in [1.807, 2.05) is 18.2 Å². The van der Waals surface area contributed by atoms with Gasteiger partial charge in [0.15, 0.2) is 5.96 Å². The van der Waals surface area contributed by atoms with E-state index in [-0.39, 0.29) is 5.91 Å². The number of nitrogens with one attached hydrogen (secondary N) is 2. The third-order valence-corrected chi connectivity index (χ3v) is 5.14. The van der Waals surface area contributed by atoms with Gasteiger partial charge in [-0.05, 0) is 48.7 Å². The first-order chi connectivity index (χ1) is 15.1. The van der Waals surface area contributed by atoms with Crippen LogP contribution < -0.4 is 15.5 Å². The van der Waals surface area contributed by atoms with Crippen molar-refractivity contribution in [3.8, 4) is 0 Å². The molecule has 2 aromatic carbocycles. The summed E-state index contributed by atoms with van der Waals surface area (Å²) in [7, 11) is 3.54. The second-order valence-electron chi connectivity index (χ2n) is 7.82. The van der Waals surface area contributed by atoms with Crippen LogP contribution >= 0.6 is 0 Å². The van der Waals surface area contributed by atoms with Crippen molar-refractivity contribution in [3.05, 3.63) is 77.4 Å². The molecule has 0 bridgehead atoms. The average Bonchev–Trinajstić information content (AvgIpc) is 3.32. The number of hydrogen-bond acceptors (Lipinski definition) is 3. The quantitative estimate of drug-likeness (QED) is 0.392. The Hall–Kier alpha value is -3.28. The van der Waals surface area contributed by atoms with E-state index in [4.69, 9.17) is 4.99 Å². The molecule has 0 aromatic heterocycles. The molecule has 31 heavy (non-hydrogen) atoms. The first kappa shape index (κ1) is 22.4. The number of aliphatic imine (C=N–C) groups is 1. The number of amides is 1. The molecule has 0 radical (unpaired) electrons. The highest BCUT2D eigenvalue weighted by Crippen LogP contribution is 2.19. The van der Waals surface area contributed by atoms with E-state index < -0.39 is 0 Å². The van der Waals surface area contributed by atoms with Crippen molar-refractivity contribution >= 4 is 17.6 Å². The van der Waals surface area contributed by atoms with Crippen molar-refractivity contribution in [3.63, 3.8) is 0 Å². The predicted octanol–water partition coefficient (Wildman–Crippen LogP) is 3.06. The van der Waals surface area contributed by atoms with Crippen LogP contribution in [0.5, 0.6) is 0 Å². The predicted molar refractivity (Wildman–Crippen MR) is 129 cm³/mol. The van der Waals surface area contributed by atoms with Gasteiger partial charge in [0.1, 0.15) is 0 Å². The van der Waals surface area contributed by atoms with E-state index in [0.29, 0.717) is 6.54 Å². The molecule has 1 amide bonds. The molecule has 1 aliphatic rings. The summed E-state index contributed by atoms with van der Waals surface area (Å²) in [5.41, 5.74) is 4.28. The van der Waals surface area contributed by atoms with E-state index in [0.717, 1.165) is 49.7 Å². The molecular weight excluding hydrogens is 386 g/mol. The van der Waals surface area contributed by atoms with Gasteiger partial charge in [0.25, 0.3) is 5.91 Å². The molecule has 0 saturated heterocycles. The molecule has 3 rings (SSSR count). The fraction of sp³-hybridized carbons (Fsp3) is 0.360. The summed E-state index contributed by atoms with van der Waals surface area (Å²) in [6.45, 7) is 6.17. The topological polar surface area (TPSA) is 60.0 Å². The van der Waals surface area contributed by atoms with Crippen molar-refractivity contribution in [2.75, 3.05) is 45.2 Å². The van der Waals surface area contributed by atoms with Gasteiger partial charge in [-0.25, -0.2) is 4.99 Å². The van der Waals surface area contributed by atoms with Gasteiger partial charge in [0, 0.05) is 51.5 Å². The first-order valence-electron chi connectivity index (χ1n) is 10.9. The van der Waals surface area contributed by atoms with Gasteiger partial charge in [0.05, 0.1) is 6.54 Å². The Bertz CT molecular complexity index is 927. The van der Waals surface area contributed by atoms with Crippen molar-refractivity contribution < 1.29 is 4.79 Å². The third kappa shape index (κ3) is 6.60. The lowest BCUT2D eigenvalue weighted by molar-refractivity contribution is 0.0827. The number of carbonyl (C=O) groups excluding carboxylic acids is 1. The van der Waals surface area contributed by atoms with Crippen LogP contribution in [0.2, 0.25) is 0 Å². The largest absolute Gasteiger partial charge is 0.364 e. The summed E-state index contributed by atoms with van der Waals surface area (Å²) in [6, 6.07) is 16.4. The van der Waals surface area contributed by atoms with Gasteiger partial charge in [0.2, 0.25) is 0 Å². The smallest absolute Gasteiger partial charge is 0.253 e. The monoisotopic (exact) mass is 419 g/mol. The highest BCUT2D eigenvalue weighted by molar-refractivity contribution is 5.94. The Kier molecular flexibility index (Phi) is 8.10. The molecule has 1 aliphatic heterocycles. The third-order valence-electron chi connectivity index (χ3n) is 5.14. The summed E-state index contributed by atoms with van der Waals surface area (Å²) in [4.78, 5) is 20.9. The van der Waals surface area contributed by atoms with Crippen LogP contribution in [0.1, 0.15) is 28.4 Å². The summed E-state index contributed by atoms with van der Waals surface area (Å²) in [6.07, 6.45) is 5.21. The minimum Gasteiger partial charge on any atom is -0.364 e. The molecule has 1 heterocycles. The maximum absolute atomic E-state index is 12.2. The second kappa shape index (κ2) is 11.2. The van der Waals surface area contributed by atoms with Crippen molar-refractivity contribution in [1.29, 1.82) is 0 Å². The maximum atomic E-state index is 12.2. The van der Waals surface area contributed by atoms with Gasteiger partial charge in [-0.15, -0.1) is 0 Å². The average molecular weight is 420 g/mol. The zero-order valence-electron chi connectivity index (χ0n) is 18.8. The Morgan fingerprint density at radius 2 is 1.77 bits per heavy atom. The molecule has 0 aliphatic carbocycles. The normalized spacial score (nSPS) is 13.4. The SMILES string of the molecule is CCNC(=NCc1cccc(N2CC=CC2)c1)NCCc1cccc(C(=O)N(C)C)c1. The van der Waals surface area contributed by atoms with Crippen LogP contribution in [0, 0.1) is 0 Å². The minimum absolute atomic E-state index is 0.0247. The molecular formula is C25H33N5O. The molecule has 0 spiro atoms. The molecule has 0 fully saturated rings. The molecule has 164 valence electrons. The van der Waals surface area contributed by atoms with E-state index >= 15 is 0 Å². The Balaban J connectivity index is 1.56. The van der Waals surface area contributed by atoms with Crippen LogP contribution in [0.15, 0.2) is 65.7 Å². The van der Waals surface area contributed by atoms with Gasteiger partial charge in [-0.2, -0.15) is 0 Å². The second-order valence-corrected chi connectivity index (χ2v) is 7.82. The van der Waals surface area contributed by atoms with Crippen LogP contribution in [-0.4, -0.2) is 57.0 Å². The highest BCUT2D eigenvalue weighted by atomic mass is 16.2. The Morgan fingerprint density at radius 3 is 2.52 bits per heavy atom. The Labute approximate surface area is 185 Å². The molecule has 0 saturated carbocycles. The van der Waals surface area contributed by atoms with E-state index in [1.165, 1.54) is 11.3 Å². The fourth-order valence-electron chi connectivity index (χ4n) is 3.50. The fourth-order valence-corrected chi connectivity index (χ4v) is 3.50. The number of benzene rings is 2. The molecule has 0 unspecified atom stereocenters. The first-order valence-corrected chi connectivity index (χ1v) is 10.9. The Morgan fingerprint density at radius 1 is 1.03 bits per heavy atom. The van der Waals surface area contributed by atoms with Gasteiger partial charge < -0.3 is 20.4 Å². The minimum atomic E-state index is 0.0247. The number of rotatable bonds is 8. The number of guanidine groups is 1. The van der Waals surface area contributed by atoms with Crippen molar-refractivity contribution in [2.45, 2.75) is 19.9 Å². The van der Waals surface area contributed by atoms with Gasteiger partial charge in [-0.1, -0.05) is 36.4 Å². The molecule has 0 atom stereocenters. The van der Waals surface area contributed by atoms with Crippen LogP contribution in [-0.2, 0) is 13.0 Å². The van der Waals surface area contributed by atoms with E-state index in [1.54, 1.807) is 19.0 Å². The van der Waals surface area contributed by atoms with Crippen LogP contribution in [0.25, 0.3) is 0 Å². The van der Waals surface area contributed by atoms with Crippen molar-refractivity contribution in [1.82, 2.24) is 15.5 Å². The number of nitrogens with zero attached hydrogens (tertiary/aromatic N) is 3. The number of hydrogen-bond donors (Lipinski definition) is 2. The summed E-state index contributed by atoms with van der Waals surface area (Å²) < 4.78 is 0. The molecule has 2 aromatic rings. The number of carbonyl (C=O) groups is 1. The summed E-state index contributed by atoms with van der Waals surface area (Å²) in [5, 5.41) is 6.71.